The summed E-state index contributed by atoms with van der Waals surface area (Å²) >= 11 is 0. The summed E-state index contributed by atoms with van der Waals surface area (Å²) in [5.74, 6) is 2.91. The first-order valence-corrected chi connectivity index (χ1v) is 10.3. The molecule has 28 heavy (non-hydrogen) atoms. The Morgan fingerprint density at radius 2 is 1.93 bits per heavy atom. The van der Waals surface area contributed by atoms with Gasteiger partial charge in [-0.15, -0.1) is 0 Å². The first-order valence-electron chi connectivity index (χ1n) is 10.3. The van der Waals surface area contributed by atoms with Gasteiger partial charge in [0.1, 0.15) is 11.8 Å². The molecule has 0 unspecified atom stereocenters. The summed E-state index contributed by atoms with van der Waals surface area (Å²) in [7, 11) is 0. The van der Waals surface area contributed by atoms with Crippen LogP contribution in [0.15, 0.2) is 30.9 Å². The van der Waals surface area contributed by atoms with Gasteiger partial charge < -0.3 is 9.64 Å². The topological polar surface area (TPSA) is 68.4 Å². The highest BCUT2D eigenvalue weighted by atomic mass is 16.5. The number of rotatable bonds is 5. The van der Waals surface area contributed by atoms with Gasteiger partial charge in [0.05, 0.1) is 18.0 Å². The van der Waals surface area contributed by atoms with Crippen LogP contribution < -0.4 is 9.64 Å². The van der Waals surface area contributed by atoms with E-state index in [2.05, 4.69) is 31.0 Å². The van der Waals surface area contributed by atoms with Gasteiger partial charge in [0.15, 0.2) is 5.82 Å². The molecule has 7 heteroatoms. The lowest BCUT2D eigenvalue weighted by molar-refractivity contribution is 0.215. The highest BCUT2D eigenvalue weighted by Gasteiger charge is 2.24. The number of anilines is 1. The van der Waals surface area contributed by atoms with E-state index in [1.54, 1.807) is 6.33 Å². The van der Waals surface area contributed by atoms with Crippen LogP contribution in [-0.4, -0.2) is 44.3 Å². The predicted octanol–water partition coefficient (Wildman–Crippen LogP) is 3.39. The van der Waals surface area contributed by atoms with Crippen molar-refractivity contribution in [3.8, 4) is 5.88 Å². The molecule has 5 rings (SSSR count). The fourth-order valence-electron chi connectivity index (χ4n) is 4.15. The van der Waals surface area contributed by atoms with Crippen molar-refractivity contribution >= 4 is 11.3 Å². The Bertz CT molecular complexity index is 958. The monoisotopic (exact) mass is 378 g/mol. The number of nitrogens with zero attached hydrogens (tertiary/aromatic N) is 6. The van der Waals surface area contributed by atoms with E-state index < -0.39 is 0 Å². The third-order valence-electron chi connectivity index (χ3n) is 6.06. The normalized spacial score (nSPS) is 18.4. The number of hydrogen-bond acceptors (Lipinski definition) is 6. The molecule has 4 heterocycles. The molecule has 146 valence electrons. The number of aromatic nitrogens is 5. The Labute approximate surface area is 164 Å². The van der Waals surface area contributed by atoms with Gasteiger partial charge in [-0.25, -0.2) is 19.5 Å². The van der Waals surface area contributed by atoms with Gasteiger partial charge in [-0.3, -0.25) is 0 Å². The number of hydrogen-bond donors (Lipinski definition) is 0. The molecule has 1 saturated heterocycles. The van der Waals surface area contributed by atoms with E-state index in [-0.39, 0.29) is 0 Å². The summed E-state index contributed by atoms with van der Waals surface area (Å²) in [6, 6.07) is 4.14. The van der Waals surface area contributed by atoms with Gasteiger partial charge >= 0.3 is 0 Å². The van der Waals surface area contributed by atoms with Crippen LogP contribution in [0.25, 0.3) is 5.52 Å². The van der Waals surface area contributed by atoms with Gasteiger partial charge in [0, 0.05) is 37.5 Å². The van der Waals surface area contributed by atoms with Gasteiger partial charge in [0.2, 0.25) is 5.88 Å². The largest absolute Gasteiger partial charge is 0.477 e. The highest BCUT2D eigenvalue weighted by molar-refractivity contribution is 5.69. The van der Waals surface area contributed by atoms with Crippen LogP contribution in [0.4, 0.5) is 5.82 Å². The van der Waals surface area contributed by atoms with Crippen LogP contribution in [-0.2, 0) is 0 Å². The van der Waals surface area contributed by atoms with E-state index in [1.165, 1.54) is 19.3 Å². The molecule has 0 spiro atoms. The zero-order valence-corrected chi connectivity index (χ0v) is 16.3. The van der Waals surface area contributed by atoms with Crippen LogP contribution in [0.5, 0.6) is 5.88 Å². The maximum absolute atomic E-state index is 6.02. The Morgan fingerprint density at radius 3 is 2.71 bits per heavy atom. The van der Waals surface area contributed by atoms with Crippen LogP contribution in [0.1, 0.15) is 49.4 Å². The molecule has 2 fully saturated rings. The van der Waals surface area contributed by atoms with Crippen molar-refractivity contribution in [2.75, 3.05) is 24.6 Å². The van der Waals surface area contributed by atoms with Gasteiger partial charge in [-0.05, 0) is 44.6 Å². The second-order valence-electron chi connectivity index (χ2n) is 8.02. The van der Waals surface area contributed by atoms with Crippen molar-refractivity contribution in [2.45, 2.75) is 44.9 Å². The lowest BCUT2D eigenvalue weighted by atomic mass is 9.83. The van der Waals surface area contributed by atoms with Crippen LogP contribution in [0, 0.1) is 12.8 Å². The van der Waals surface area contributed by atoms with E-state index in [4.69, 9.17) is 4.74 Å². The van der Waals surface area contributed by atoms with Crippen molar-refractivity contribution in [2.24, 2.45) is 5.92 Å². The Kier molecular flexibility index (Phi) is 4.58. The quantitative estimate of drug-likeness (QED) is 0.678. The minimum Gasteiger partial charge on any atom is -0.477 e. The smallest absolute Gasteiger partial charge is 0.216 e. The molecule has 3 aromatic rings. The SMILES string of the molecule is Cc1cc2c(N3CCC(COc4cc(C5CCC5)ncn4)CC3)nccn2n1. The summed E-state index contributed by atoms with van der Waals surface area (Å²) in [6.07, 6.45) is 11.4. The molecular formula is C21H26N6O. The lowest BCUT2D eigenvalue weighted by Gasteiger charge is -2.32. The van der Waals surface area contributed by atoms with Gasteiger partial charge in [-0.2, -0.15) is 5.10 Å². The predicted molar refractivity (Wildman–Crippen MR) is 107 cm³/mol. The molecule has 1 aliphatic heterocycles. The summed E-state index contributed by atoms with van der Waals surface area (Å²) < 4.78 is 7.94. The minimum atomic E-state index is 0.546. The molecule has 0 radical (unpaired) electrons. The lowest BCUT2D eigenvalue weighted by Crippen LogP contribution is -2.36. The Hall–Kier alpha value is -2.70. The second kappa shape index (κ2) is 7.37. The van der Waals surface area contributed by atoms with E-state index in [0.29, 0.717) is 11.8 Å². The third kappa shape index (κ3) is 3.41. The maximum atomic E-state index is 6.02. The average molecular weight is 378 g/mol. The number of aryl methyl sites for hydroxylation is 1. The number of piperidine rings is 1. The summed E-state index contributed by atoms with van der Waals surface area (Å²) in [5, 5.41) is 4.49. The molecule has 7 nitrogen and oxygen atoms in total. The summed E-state index contributed by atoms with van der Waals surface area (Å²) in [6.45, 7) is 4.71. The molecule has 3 aromatic heterocycles. The van der Waals surface area contributed by atoms with Gasteiger partial charge in [-0.1, -0.05) is 6.42 Å². The standard InChI is InChI=1S/C21H26N6O/c1-15-11-19-21(22-7-10-27(19)25-15)26-8-5-16(6-9-26)13-28-20-12-18(23-14-24-20)17-3-2-4-17/h7,10-12,14,16-17H,2-6,8-9,13H2,1H3. The van der Waals surface area contributed by atoms with Crippen LogP contribution in [0.3, 0.4) is 0 Å². The Balaban J connectivity index is 1.18. The van der Waals surface area contributed by atoms with Crippen molar-refractivity contribution < 1.29 is 4.74 Å². The van der Waals surface area contributed by atoms with Gasteiger partial charge in [0.25, 0.3) is 0 Å². The summed E-state index contributed by atoms with van der Waals surface area (Å²) in [4.78, 5) is 15.7. The number of fused-ring (bicyclic) bond motifs is 1. The fourth-order valence-corrected chi connectivity index (χ4v) is 4.15. The van der Waals surface area contributed by atoms with E-state index in [0.717, 1.165) is 61.1 Å². The highest BCUT2D eigenvalue weighted by Crippen LogP contribution is 2.35. The van der Waals surface area contributed by atoms with E-state index in [1.807, 2.05) is 29.9 Å². The molecule has 0 aromatic carbocycles. The number of ether oxygens (including phenoxy) is 1. The van der Waals surface area contributed by atoms with Crippen molar-refractivity contribution in [3.63, 3.8) is 0 Å². The van der Waals surface area contributed by atoms with E-state index >= 15 is 0 Å². The first kappa shape index (κ1) is 17.4. The van der Waals surface area contributed by atoms with Crippen molar-refractivity contribution in [3.05, 3.63) is 42.2 Å². The van der Waals surface area contributed by atoms with Crippen LogP contribution >= 0.6 is 0 Å². The molecule has 1 aliphatic carbocycles. The zero-order chi connectivity index (χ0) is 18.9. The molecule has 0 N–H and O–H groups in total. The molecule has 0 atom stereocenters. The molecule has 2 aliphatic rings. The van der Waals surface area contributed by atoms with E-state index in [9.17, 15) is 0 Å². The second-order valence-corrected chi connectivity index (χ2v) is 8.02. The molecular weight excluding hydrogens is 352 g/mol. The summed E-state index contributed by atoms with van der Waals surface area (Å²) in [5.41, 5.74) is 3.24. The minimum absolute atomic E-state index is 0.546. The van der Waals surface area contributed by atoms with Crippen LogP contribution in [0.2, 0.25) is 0 Å². The van der Waals surface area contributed by atoms with Crippen molar-refractivity contribution in [1.29, 1.82) is 0 Å². The first-order chi connectivity index (χ1) is 13.8. The Morgan fingerprint density at radius 1 is 1.07 bits per heavy atom. The fraction of sp³-hybridized carbons (Fsp3) is 0.524. The molecule has 0 amide bonds. The molecule has 0 bridgehead atoms. The average Bonchev–Trinajstić information content (AvgIpc) is 3.06. The maximum Gasteiger partial charge on any atom is 0.216 e. The third-order valence-corrected chi connectivity index (χ3v) is 6.06. The van der Waals surface area contributed by atoms with Crippen molar-refractivity contribution in [1.82, 2.24) is 24.6 Å². The molecule has 1 saturated carbocycles. The zero-order valence-electron chi connectivity index (χ0n) is 16.3.